The van der Waals surface area contributed by atoms with Gasteiger partial charge < -0.3 is 4.90 Å². The lowest BCUT2D eigenvalue weighted by atomic mass is 10.3. The van der Waals surface area contributed by atoms with Crippen LogP contribution in [-0.4, -0.2) is 13.6 Å². The normalized spacial score (nSPS) is 10.2. The van der Waals surface area contributed by atoms with Gasteiger partial charge in [0.15, 0.2) is 0 Å². The SMILES string of the molecule is C=C/C=C\CN(C)c1ccccc1. The Morgan fingerprint density at radius 2 is 2.00 bits per heavy atom. The summed E-state index contributed by atoms with van der Waals surface area (Å²) in [6.07, 6.45) is 5.83. The smallest absolute Gasteiger partial charge is 0.0366 e. The number of anilines is 1. The van der Waals surface area contributed by atoms with E-state index in [-0.39, 0.29) is 0 Å². The van der Waals surface area contributed by atoms with Crippen LogP contribution >= 0.6 is 0 Å². The van der Waals surface area contributed by atoms with Crippen molar-refractivity contribution in [1.29, 1.82) is 0 Å². The minimum absolute atomic E-state index is 0.913. The Balaban J connectivity index is 2.53. The van der Waals surface area contributed by atoms with Gasteiger partial charge in [0.25, 0.3) is 0 Å². The standard InChI is InChI=1S/C12H15N/c1-3-4-8-11-13(2)12-9-6-5-7-10-12/h3-10H,1,11H2,2H3/b8-4-. The molecule has 0 amide bonds. The topological polar surface area (TPSA) is 3.24 Å². The van der Waals surface area contributed by atoms with Gasteiger partial charge in [-0.15, -0.1) is 0 Å². The van der Waals surface area contributed by atoms with Crippen molar-refractivity contribution in [3.8, 4) is 0 Å². The summed E-state index contributed by atoms with van der Waals surface area (Å²) in [6, 6.07) is 10.3. The molecule has 0 aliphatic carbocycles. The zero-order valence-corrected chi connectivity index (χ0v) is 7.98. The van der Waals surface area contributed by atoms with Crippen LogP contribution in [0.15, 0.2) is 55.1 Å². The van der Waals surface area contributed by atoms with Crippen LogP contribution in [-0.2, 0) is 0 Å². The van der Waals surface area contributed by atoms with Crippen molar-refractivity contribution in [2.24, 2.45) is 0 Å². The van der Waals surface area contributed by atoms with E-state index in [9.17, 15) is 0 Å². The molecule has 1 rings (SSSR count). The molecule has 1 aromatic rings. The summed E-state index contributed by atoms with van der Waals surface area (Å²) in [5.41, 5.74) is 1.23. The van der Waals surface area contributed by atoms with E-state index in [4.69, 9.17) is 0 Å². The zero-order valence-electron chi connectivity index (χ0n) is 7.98. The van der Waals surface area contributed by atoms with E-state index in [0.29, 0.717) is 0 Å². The lowest BCUT2D eigenvalue weighted by molar-refractivity contribution is 1.03. The van der Waals surface area contributed by atoms with Gasteiger partial charge in [-0.3, -0.25) is 0 Å². The van der Waals surface area contributed by atoms with Crippen LogP contribution in [0.25, 0.3) is 0 Å². The van der Waals surface area contributed by atoms with E-state index < -0.39 is 0 Å². The lowest BCUT2D eigenvalue weighted by Crippen LogP contribution is -2.16. The second kappa shape index (κ2) is 5.20. The molecule has 0 saturated carbocycles. The molecule has 0 aromatic heterocycles. The van der Waals surface area contributed by atoms with Crippen molar-refractivity contribution in [3.05, 3.63) is 55.1 Å². The molecular formula is C12H15N. The molecule has 0 atom stereocenters. The van der Waals surface area contributed by atoms with Crippen molar-refractivity contribution >= 4 is 5.69 Å². The highest BCUT2D eigenvalue weighted by Crippen LogP contribution is 2.09. The molecule has 13 heavy (non-hydrogen) atoms. The van der Waals surface area contributed by atoms with Gasteiger partial charge >= 0.3 is 0 Å². The molecule has 0 unspecified atom stereocenters. The van der Waals surface area contributed by atoms with E-state index >= 15 is 0 Å². The number of hydrogen-bond donors (Lipinski definition) is 0. The Hall–Kier alpha value is -1.50. The molecule has 68 valence electrons. The summed E-state index contributed by atoms with van der Waals surface area (Å²) in [7, 11) is 2.07. The van der Waals surface area contributed by atoms with Crippen LogP contribution in [0, 0.1) is 0 Å². The molecular weight excluding hydrogens is 158 g/mol. The van der Waals surface area contributed by atoms with Crippen LogP contribution < -0.4 is 4.90 Å². The van der Waals surface area contributed by atoms with Gasteiger partial charge in [-0.1, -0.05) is 43.0 Å². The highest BCUT2D eigenvalue weighted by molar-refractivity contribution is 5.45. The van der Waals surface area contributed by atoms with Crippen molar-refractivity contribution in [2.75, 3.05) is 18.5 Å². The summed E-state index contributed by atoms with van der Waals surface area (Å²) in [6.45, 7) is 4.54. The molecule has 0 radical (unpaired) electrons. The molecule has 0 spiro atoms. The van der Waals surface area contributed by atoms with Crippen LogP contribution in [0.5, 0.6) is 0 Å². The van der Waals surface area contributed by atoms with Gasteiger partial charge in [0, 0.05) is 19.3 Å². The fraction of sp³-hybridized carbons (Fsp3) is 0.167. The van der Waals surface area contributed by atoms with E-state index in [1.807, 2.05) is 24.3 Å². The fourth-order valence-corrected chi connectivity index (χ4v) is 1.10. The summed E-state index contributed by atoms with van der Waals surface area (Å²) in [4.78, 5) is 2.18. The third kappa shape index (κ3) is 3.16. The zero-order chi connectivity index (χ0) is 9.52. The fourth-order valence-electron chi connectivity index (χ4n) is 1.10. The first-order valence-corrected chi connectivity index (χ1v) is 4.38. The minimum atomic E-state index is 0.913. The van der Waals surface area contributed by atoms with Crippen LogP contribution in [0.2, 0.25) is 0 Å². The van der Waals surface area contributed by atoms with Gasteiger partial charge in [-0.2, -0.15) is 0 Å². The first-order valence-electron chi connectivity index (χ1n) is 4.38. The summed E-state index contributed by atoms with van der Waals surface area (Å²) in [5, 5.41) is 0. The van der Waals surface area contributed by atoms with Gasteiger partial charge in [-0.25, -0.2) is 0 Å². The largest absolute Gasteiger partial charge is 0.371 e. The van der Waals surface area contributed by atoms with Crippen LogP contribution in [0.4, 0.5) is 5.69 Å². The first-order chi connectivity index (χ1) is 6.34. The quantitative estimate of drug-likeness (QED) is 0.633. The monoisotopic (exact) mass is 173 g/mol. The molecule has 1 heteroatoms. The average Bonchev–Trinajstić information content (AvgIpc) is 2.19. The average molecular weight is 173 g/mol. The second-order valence-corrected chi connectivity index (χ2v) is 2.88. The maximum Gasteiger partial charge on any atom is 0.0366 e. The van der Waals surface area contributed by atoms with E-state index in [1.165, 1.54) is 5.69 Å². The second-order valence-electron chi connectivity index (χ2n) is 2.88. The Bertz CT molecular complexity index is 274. The molecule has 0 fully saturated rings. The van der Waals surface area contributed by atoms with Crippen LogP contribution in [0.1, 0.15) is 0 Å². The number of allylic oxidation sites excluding steroid dienone is 2. The molecule has 0 N–H and O–H groups in total. The van der Waals surface area contributed by atoms with Crippen molar-refractivity contribution < 1.29 is 0 Å². The summed E-state index contributed by atoms with van der Waals surface area (Å²) in [5.74, 6) is 0. The number of rotatable bonds is 4. The number of likely N-dealkylation sites (N-methyl/N-ethyl adjacent to an activating group) is 1. The number of hydrogen-bond acceptors (Lipinski definition) is 1. The lowest BCUT2D eigenvalue weighted by Gasteiger charge is -2.16. The highest BCUT2D eigenvalue weighted by Gasteiger charge is 1.94. The van der Waals surface area contributed by atoms with Crippen molar-refractivity contribution in [2.45, 2.75) is 0 Å². The molecule has 0 saturated heterocycles. The minimum Gasteiger partial charge on any atom is -0.371 e. The Kier molecular flexibility index (Phi) is 3.83. The molecule has 1 nitrogen and oxygen atoms in total. The maximum atomic E-state index is 3.62. The van der Waals surface area contributed by atoms with Crippen molar-refractivity contribution in [1.82, 2.24) is 0 Å². The van der Waals surface area contributed by atoms with Crippen molar-refractivity contribution in [3.63, 3.8) is 0 Å². The van der Waals surface area contributed by atoms with Gasteiger partial charge in [0.1, 0.15) is 0 Å². The first kappa shape index (κ1) is 9.59. The van der Waals surface area contributed by atoms with Gasteiger partial charge in [-0.05, 0) is 12.1 Å². The number of benzene rings is 1. The van der Waals surface area contributed by atoms with E-state index in [0.717, 1.165) is 6.54 Å². The highest BCUT2D eigenvalue weighted by atomic mass is 15.1. The molecule has 1 aromatic carbocycles. The summed E-state index contributed by atoms with van der Waals surface area (Å²) >= 11 is 0. The van der Waals surface area contributed by atoms with E-state index in [1.54, 1.807) is 6.08 Å². The third-order valence-electron chi connectivity index (χ3n) is 1.85. The van der Waals surface area contributed by atoms with Gasteiger partial charge in [0.2, 0.25) is 0 Å². The summed E-state index contributed by atoms with van der Waals surface area (Å²) < 4.78 is 0. The Labute approximate surface area is 80.0 Å². The molecule has 0 heterocycles. The van der Waals surface area contributed by atoms with E-state index in [2.05, 4.69) is 36.7 Å². The predicted molar refractivity (Wildman–Crippen MR) is 59.0 cm³/mol. The third-order valence-corrected chi connectivity index (χ3v) is 1.85. The molecule has 0 aliphatic heterocycles. The maximum absolute atomic E-state index is 3.62. The predicted octanol–water partition coefficient (Wildman–Crippen LogP) is 2.87. The Morgan fingerprint density at radius 1 is 1.31 bits per heavy atom. The number of nitrogens with zero attached hydrogens (tertiary/aromatic N) is 1. The Morgan fingerprint density at radius 3 is 2.62 bits per heavy atom. The number of para-hydroxylation sites is 1. The molecule has 0 bridgehead atoms. The van der Waals surface area contributed by atoms with Crippen LogP contribution in [0.3, 0.4) is 0 Å². The molecule has 0 aliphatic rings. The van der Waals surface area contributed by atoms with Gasteiger partial charge in [0.05, 0.1) is 0 Å².